The number of H-pyrrole nitrogens is 1. The number of nitrogens with one attached hydrogen (secondary N) is 1. The molecular formula is C25H41N4O2+. The number of hydrogen-bond acceptors (Lipinski definition) is 3. The van der Waals surface area contributed by atoms with Crippen molar-refractivity contribution in [2.24, 2.45) is 11.3 Å². The van der Waals surface area contributed by atoms with Gasteiger partial charge < -0.3 is 15.6 Å². The number of aromatic amines is 1. The minimum atomic E-state index is -0.278. The molecule has 4 N–H and O–H groups in total. The molecule has 31 heavy (non-hydrogen) atoms. The van der Waals surface area contributed by atoms with Gasteiger partial charge >= 0.3 is 0 Å². The van der Waals surface area contributed by atoms with Gasteiger partial charge in [-0.2, -0.15) is 0 Å². The van der Waals surface area contributed by atoms with Gasteiger partial charge in [0.25, 0.3) is 5.56 Å². The van der Waals surface area contributed by atoms with Gasteiger partial charge in [0.2, 0.25) is 5.91 Å². The molecule has 2 rings (SSSR count). The Morgan fingerprint density at radius 2 is 1.81 bits per heavy atom. The number of aromatic nitrogens is 2. The second kappa shape index (κ2) is 11.4. The normalized spacial score (nSPS) is 13.9. The molecule has 0 aliphatic carbocycles. The van der Waals surface area contributed by atoms with Gasteiger partial charge in [-0.05, 0) is 56.1 Å². The Morgan fingerprint density at radius 1 is 1.13 bits per heavy atom. The van der Waals surface area contributed by atoms with Crippen molar-refractivity contribution in [3.63, 3.8) is 0 Å². The molecule has 6 nitrogen and oxygen atoms in total. The third-order valence-corrected chi connectivity index (χ3v) is 5.70. The zero-order valence-corrected chi connectivity index (χ0v) is 20.0. The predicted molar refractivity (Wildman–Crippen MR) is 127 cm³/mol. The lowest BCUT2D eigenvalue weighted by atomic mass is 9.84. The minimum absolute atomic E-state index is 0.136. The average Bonchev–Trinajstić information content (AvgIpc) is 2.68. The van der Waals surface area contributed by atoms with Crippen molar-refractivity contribution in [2.75, 3.05) is 13.1 Å². The van der Waals surface area contributed by atoms with Crippen LogP contribution in [0.4, 0.5) is 0 Å². The van der Waals surface area contributed by atoms with Crippen LogP contribution in [0.3, 0.4) is 0 Å². The minimum Gasteiger partial charge on any atom is -0.358 e. The van der Waals surface area contributed by atoms with Gasteiger partial charge in [-0.1, -0.05) is 46.2 Å². The monoisotopic (exact) mass is 429 g/mol. The first-order chi connectivity index (χ1) is 14.6. The number of nitrogens with zero attached hydrogens (tertiary/aromatic N) is 2. The standard InChI is InChI=1S/C25H40N4O2/c1-18(17-25(3,4)5)16-22(30)29(15-11-7-6-10-14-26)19(2)23-27-21-13-9-8-12-20(21)24(31)28-23/h8-9,12-13,18-19H,6-7,10-11,14-17,26H2,1-5H3,(H,27,28,31)/p+1/t18-,19-/m1/s1. The van der Waals surface area contributed by atoms with E-state index in [2.05, 4.69) is 43.4 Å². The maximum absolute atomic E-state index is 13.3. The lowest BCUT2D eigenvalue weighted by Gasteiger charge is -2.31. The van der Waals surface area contributed by atoms with Crippen molar-refractivity contribution in [1.29, 1.82) is 0 Å². The third kappa shape index (κ3) is 7.76. The van der Waals surface area contributed by atoms with Crippen LogP contribution in [0.15, 0.2) is 29.1 Å². The van der Waals surface area contributed by atoms with Crippen LogP contribution in [0.1, 0.15) is 85.0 Å². The van der Waals surface area contributed by atoms with Crippen LogP contribution in [0.25, 0.3) is 10.9 Å². The van der Waals surface area contributed by atoms with Crippen LogP contribution in [-0.2, 0) is 4.79 Å². The van der Waals surface area contributed by atoms with E-state index >= 15 is 0 Å². The lowest BCUT2D eigenvalue weighted by Crippen LogP contribution is -2.50. The highest BCUT2D eigenvalue weighted by atomic mass is 16.2. The van der Waals surface area contributed by atoms with Crippen LogP contribution < -0.4 is 11.3 Å². The molecule has 0 aliphatic rings. The Bertz CT molecular complexity index is 900. The first-order valence-electron chi connectivity index (χ1n) is 11.7. The number of fused-ring (bicyclic) bond motifs is 1. The number of benzene rings is 1. The summed E-state index contributed by atoms with van der Waals surface area (Å²) in [4.78, 5) is 35.4. The smallest absolute Gasteiger partial charge is 0.258 e. The molecule has 1 heterocycles. The molecule has 0 bridgehead atoms. The van der Waals surface area contributed by atoms with Gasteiger partial charge in [0.05, 0.1) is 23.5 Å². The van der Waals surface area contributed by atoms with E-state index in [0.717, 1.165) is 38.6 Å². The zero-order chi connectivity index (χ0) is 23.0. The van der Waals surface area contributed by atoms with E-state index in [1.165, 1.54) is 0 Å². The Morgan fingerprint density at radius 3 is 2.48 bits per heavy atom. The van der Waals surface area contributed by atoms with Crippen LogP contribution >= 0.6 is 0 Å². The van der Waals surface area contributed by atoms with Crippen LogP contribution in [0.5, 0.6) is 0 Å². The van der Waals surface area contributed by atoms with Crippen LogP contribution in [0, 0.1) is 11.3 Å². The summed E-state index contributed by atoms with van der Waals surface area (Å²) in [6.45, 7) is 12.4. The predicted octanol–water partition coefficient (Wildman–Crippen LogP) is 4.08. The highest BCUT2D eigenvalue weighted by molar-refractivity contribution is 5.78. The van der Waals surface area contributed by atoms with E-state index in [1.807, 2.05) is 30.0 Å². The number of rotatable bonds is 11. The second-order valence-electron chi connectivity index (χ2n) is 10.1. The fraction of sp³-hybridized carbons (Fsp3) is 0.640. The van der Waals surface area contributed by atoms with Crippen LogP contribution in [-0.4, -0.2) is 33.9 Å². The summed E-state index contributed by atoms with van der Waals surface area (Å²) < 4.78 is 0. The summed E-state index contributed by atoms with van der Waals surface area (Å²) in [6.07, 6.45) is 5.78. The Kier molecular flexibility index (Phi) is 9.23. The number of hydrogen-bond donors (Lipinski definition) is 2. The van der Waals surface area contributed by atoms with Crippen molar-refractivity contribution in [3.8, 4) is 0 Å². The van der Waals surface area contributed by atoms with Gasteiger partial charge in [-0.15, -0.1) is 0 Å². The average molecular weight is 430 g/mol. The molecule has 0 saturated carbocycles. The highest BCUT2D eigenvalue weighted by Gasteiger charge is 2.26. The van der Waals surface area contributed by atoms with Gasteiger partial charge in [0.1, 0.15) is 5.82 Å². The molecule has 172 valence electrons. The first kappa shape index (κ1) is 25.1. The number of unbranched alkanes of at least 4 members (excludes halogenated alkanes) is 3. The molecule has 1 aromatic carbocycles. The molecule has 0 fully saturated rings. The van der Waals surface area contributed by atoms with Crippen molar-refractivity contribution in [2.45, 2.75) is 79.2 Å². The summed E-state index contributed by atoms with van der Waals surface area (Å²) in [7, 11) is 0. The van der Waals surface area contributed by atoms with Crippen molar-refractivity contribution in [3.05, 3.63) is 40.4 Å². The summed E-state index contributed by atoms with van der Waals surface area (Å²) >= 11 is 0. The fourth-order valence-electron chi connectivity index (χ4n) is 4.33. The number of amides is 1. The summed E-state index contributed by atoms with van der Waals surface area (Å²) in [6, 6.07) is 7.05. The molecule has 0 spiro atoms. The lowest BCUT2D eigenvalue weighted by molar-refractivity contribution is -0.368. The maximum atomic E-state index is 13.3. The molecular weight excluding hydrogens is 388 g/mol. The SMILES string of the molecule is C[C@H](CC(=O)N(CCCCCC[NH3+])[C@H](C)c1nc2ccccc2c(=O)[nH]1)CC(C)(C)C. The first-order valence-corrected chi connectivity index (χ1v) is 11.7. The van der Waals surface area contributed by atoms with Gasteiger partial charge in [0.15, 0.2) is 0 Å². The molecule has 0 saturated heterocycles. The summed E-state index contributed by atoms with van der Waals surface area (Å²) in [5, 5.41) is 0.573. The van der Waals surface area contributed by atoms with E-state index in [9.17, 15) is 9.59 Å². The van der Waals surface area contributed by atoms with Gasteiger partial charge in [0, 0.05) is 13.0 Å². The molecule has 2 aromatic rings. The largest absolute Gasteiger partial charge is 0.358 e. The van der Waals surface area contributed by atoms with Crippen molar-refractivity contribution >= 4 is 16.8 Å². The molecule has 1 aromatic heterocycles. The van der Waals surface area contributed by atoms with Crippen LogP contribution in [0.2, 0.25) is 0 Å². The molecule has 0 aliphatic heterocycles. The second-order valence-corrected chi connectivity index (χ2v) is 10.1. The molecule has 1 amide bonds. The third-order valence-electron chi connectivity index (χ3n) is 5.70. The Balaban J connectivity index is 2.21. The number of carbonyl (C=O) groups is 1. The number of para-hydroxylation sites is 1. The fourth-order valence-corrected chi connectivity index (χ4v) is 4.33. The topological polar surface area (TPSA) is 93.7 Å². The number of quaternary nitrogens is 1. The Hall–Kier alpha value is -2.21. The zero-order valence-electron chi connectivity index (χ0n) is 20.0. The molecule has 0 radical (unpaired) electrons. The van der Waals surface area contributed by atoms with E-state index < -0.39 is 0 Å². The quantitative estimate of drug-likeness (QED) is 0.527. The van der Waals surface area contributed by atoms with E-state index in [0.29, 0.717) is 35.6 Å². The van der Waals surface area contributed by atoms with Gasteiger partial charge in [-0.3, -0.25) is 9.59 Å². The highest BCUT2D eigenvalue weighted by Crippen LogP contribution is 2.28. The van der Waals surface area contributed by atoms with Crippen molar-refractivity contribution < 1.29 is 10.5 Å². The summed E-state index contributed by atoms with van der Waals surface area (Å²) in [5.74, 6) is 0.993. The van der Waals surface area contributed by atoms with E-state index in [1.54, 1.807) is 6.07 Å². The Labute approximate surface area is 186 Å². The summed E-state index contributed by atoms with van der Waals surface area (Å²) in [5.41, 5.74) is 4.60. The van der Waals surface area contributed by atoms with E-state index in [4.69, 9.17) is 0 Å². The number of carbonyl (C=O) groups excluding carboxylic acids is 1. The van der Waals surface area contributed by atoms with E-state index in [-0.39, 0.29) is 22.9 Å². The van der Waals surface area contributed by atoms with Gasteiger partial charge in [-0.25, -0.2) is 4.98 Å². The van der Waals surface area contributed by atoms with Crippen molar-refractivity contribution in [1.82, 2.24) is 14.9 Å². The maximum Gasteiger partial charge on any atom is 0.258 e. The molecule has 0 unspecified atom stereocenters. The molecule has 6 heteroatoms. The molecule has 2 atom stereocenters.